The molecule has 0 spiro atoms. The molecule has 0 radical (unpaired) electrons. The van der Waals surface area contributed by atoms with Crippen LogP contribution in [0.3, 0.4) is 0 Å². The highest BCUT2D eigenvalue weighted by Crippen LogP contribution is 2.51. The second-order valence-electron chi connectivity index (χ2n) is 13.4. The second-order valence-corrected chi connectivity index (χ2v) is 13.4. The summed E-state index contributed by atoms with van der Waals surface area (Å²) >= 11 is 0. The van der Waals surface area contributed by atoms with Gasteiger partial charge in [0.15, 0.2) is 0 Å². The first-order chi connectivity index (χ1) is 35.8. The first kappa shape index (κ1) is 19.4. The Morgan fingerprint density at radius 1 is 0.298 bits per heavy atom. The Balaban J connectivity index is 1.33. The molecule has 0 fully saturated rings. The number of benzene rings is 10. The van der Waals surface area contributed by atoms with Crippen LogP contribution < -0.4 is 0 Å². The minimum Gasteiger partial charge on any atom is -0.456 e. The van der Waals surface area contributed by atoms with Crippen LogP contribution in [0.15, 0.2) is 222 Å². The third-order valence-corrected chi connectivity index (χ3v) is 10.3. The Labute approximate surface area is 357 Å². The van der Waals surface area contributed by atoms with E-state index in [9.17, 15) is 5.48 Å². The first-order valence-electron chi connectivity index (χ1n) is 27.1. The Morgan fingerprint density at radius 2 is 0.825 bits per heavy atom. The van der Waals surface area contributed by atoms with Crippen molar-refractivity contribution < 1.29 is 29.1 Å². The van der Waals surface area contributed by atoms with Gasteiger partial charge >= 0.3 is 0 Å². The van der Waals surface area contributed by atoms with E-state index in [-0.39, 0.29) is 50.3 Å². The number of hydrogen-bond acceptors (Lipinski definition) is 1. The van der Waals surface area contributed by atoms with Gasteiger partial charge in [0.25, 0.3) is 0 Å². The Hall–Kier alpha value is -7.48. The monoisotopic (exact) mass is 742 g/mol. The fourth-order valence-electron chi connectivity index (χ4n) is 7.87. The van der Waals surface area contributed by atoms with E-state index in [2.05, 4.69) is 0 Å². The summed E-state index contributed by atoms with van der Waals surface area (Å²) in [5.74, 6) is 0. The van der Waals surface area contributed by atoms with Gasteiger partial charge in [0, 0.05) is 10.8 Å². The van der Waals surface area contributed by atoms with Gasteiger partial charge in [-0.05, 0) is 119 Å². The van der Waals surface area contributed by atoms with Crippen molar-refractivity contribution in [2.24, 2.45) is 0 Å². The summed E-state index contributed by atoms with van der Waals surface area (Å²) < 4.78 is 168. The van der Waals surface area contributed by atoms with Crippen molar-refractivity contribution in [3.8, 4) is 66.8 Å². The third-order valence-electron chi connectivity index (χ3n) is 10.3. The van der Waals surface area contributed by atoms with Crippen molar-refractivity contribution in [2.75, 3.05) is 0 Å². The molecule has 0 atom stereocenters. The van der Waals surface area contributed by atoms with Gasteiger partial charge in [-0.15, -0.1) is 0 Å². The maximum absolute atomic E-state index is 9.76. The summed E-state index contributed by atoms with van der Waals surface area (Å²) in [6.07, 6.45) is 0. The van der Waals surface area contributed by atoms with Crippen LogP contribution in [0.25, 0.3) is 110 Å². The number of hydrogen-bond donors (Lipinski definition) is 0. The van der Waals surface area contributed by atoms with Crippen molar-refractivity contribution in [1.29, 1.82) is 0 Å². The van der Waals surface area contributed by atoms with Crippen molar-refractivity contribution in [3.05, 3.63) is 218 Å². The summed E-state index contributed by atoms with van der Waals surface area (Å²) in [7, 11) is 0. The Morgan fingerprint density at radius 3 is 1.40 bits per heavy atom. The molecule has 0 N–H and O–H groups in total. The zero-order valence-corrected chi connectivity index (χ0v) is 29.8. The molecule has 1 aromatic heterocycles. The fourth-order valence-corrected chi connectivity index (χ4v) is 7.87. The summed E-state index contributed by atoms with van der Waals surface area (Å²) in [5, 5.41) is 0.197. The minimum absolute atomic E-state index is 0.00953. The number of furan rings is 1. The van der Waals surface area contributed by atoms with Crippen LogP contribution in [-0.4, -0.2) is 0 Å². The molecule has 0 aliphatic heterocycles. The van der Waals surface area contributed by atoms with E-state index in [0.717, 1.165) is 0 Å². The van der Waals surface area contributed by atoms with E-state index >= 15 is 0 Å². The Kier molecular flexibility index (Phi) is 4.65. The topological polar surface area (TPSA) is 13.1 Å². The molecule has 0 saturated carbocycles. The second kappa shape index (κ2) is 13.7. The van der Waals surface area contributed by atoms with Gasteiger partial charge in [0.1, 0.15) is 11.2 Å². The number of rotatable bonds is 6. The predicted molar refractivity (Wildman–Crippen MR) is 241 cm³/mol. The molecule has 0 unspecified atom stereocenters. The summed E-state index contributed by atoms with van der Waals surface area (Å²) in [4.78, 5) is 0. The van der Waals surface area contributed by atoms with Gasteiger partial charge < -0.3 is 4.42 Å². The van der Waals surface area contributed by atoms with Crippen LogP contribution in [0, 0.1) is 0 Å². The van der Waals surface area contributed by atoms with Gasteiger partial charge in [-0.25, -0.2) is 0 Å². The highest BCUT2D eigenvalue weighted by molar-refractivity contribution is 6.24. The zero-order chi connectivity index (χ0) is 53.4. The van der Waals surface area contributed by atoms with Gasteiger partial charge in [-0.3, -0.25) is 0 Å². The van der Waals surface area contributed by atoms with Crippen molar-refractivity contribution in [3.63, 3.8) is 0 Å². The molecule has 1 heteroatoms. The van der Waals surface area contributed by atoms with Crippen LogP contribution in [0.5, 0.6) is 0 Å². The fraction of sp³-hybridized carbons (Fsp3) is 0. The van der Waals surface area contributed by atoms with Crippen molar-refractivity contribution in [2.45, 2.75) is 0 Å². The summed E-state index contributed by atoms with van der Waals surface area (Å²) in [6.45, 7) is 0. The quantitative estimate of drug-likeness (QED) is 0.155. The maximum atomic E-state index is 9.76. The van der Waals surface area contributed by atoms with Crippen LogP contribution in [0.2, 0.25) is 0 Å². The molecule has 0 aliphatic carbocycles. The van der Waals surface area contributed by atoms with Crippen molar-refractivity contribution in [1.82, 2.24) is 0 Å². The lowest BCUT2D eigenvalue weighted by Gasteiger charge is -2.23. The molecule has 0 bridgehead atoms. The maximum Gasteiger partial charge on any atom is 0.136 e. The van der Waals surface area contributed by atoms with Crippen LogP contribution >= 0.6 is 0 Å². The molecule has 266 valence electrons. The molecular weight excluding hydrogens is 689 g/mol. The molecule has 1 heterocycles. The molecule has 0 aliphatic rings. The average Bonchev–Trinajstić information content (AvgIpc) is 3.81. The standard InChI is InChI=1S/C56H36O/c1-5-18-37(19-6-1)41-32-33-48-52(36-41)57-51-31-17-30-43(54(48)51)42-34-49(38-20-7-2-8-21-38)56(50(35-42)39-22-9-3-10-23-39)55-46-28-15-13-26-44(46)53(40-24-11-4-12-25-40)45-27-14-16-29-47(45)55/h1-36H/i1D,4D,5D,6D,11D,12D,13D,14D,15D,16D,18D,19D,24D,25D,26D,27D,28D,29D. The Bertz CT molecular complexity index is 4120. The normalized spacial score (nSPS) is 15.9. The third kappa shape index (κ3) is 5.55. The average molecular weight is 743 g/mol. The van der Waals surface area contributed by atoms with Crippen LogP contribution in [-0.2, 0) is 0 Å². The van der Waals surface area contributed by atoms with E-state index in [4.69, 9.17) is 23.6 Å². The molecular formula is C56H36O. The molecule has 0 amide bonds. The lowest BCUT2D eigenvalue weighted by molar-refractivity contribution is 0.669. The van der Waals surface area contributed by atoms with E-state index in [1.165, 1.54) is 0 Å². The summed E-state index contributed by atoms with van der Waals surface area (Å²) in [5.41, 5.74) is 3.94. The molecule has 57 heavy (non-hydrogen) atoms. The van der Waals surface area contributed by atoms with Crippen LogP contribution in [0.4, 0.5) is 0 Å². The molecule has 11 rings (SSSR count). The smallest absolute Gasteiger partial charge is 0.136 e. The van der Waals surface area contributed by atoms with E-state index in [0.29, 0.717) is 66.4 Å². The highest BCUT2D eigenvalue weighted by atomic mass is 16.3. The SMILES string of the molecule is [2H]c1c([2H])c([2H])c(-c2ccc3c(c2)oc2cccc(-c4cc(-c5ccccc5)c(-c5c6c([2H])c([2H])c([2H])c([2H])c6c(-c6c([2H])c([2H])c([2H])c([2H])c6[2H])c6c([2H])c([2H])c([2H])c([2H])c56)c(-c5ccccc5)c4)c23)c([2H])c1[2H]. The molecule has 1 nitrogen and oxygen atoms in total. The zero-order valence-electron chi connectivity index (χ0n) is 47.8. The van der Waals surface area contributed by atoms with Gasteiger partial charge in [-0.2, -0.15) is 0 Å². The van der Waals surface area contributed by atoms with Crippen molar-refractivity contribution >= 4 is 43.5 Å². The summed E-state index contributed by atoms with van der Waals surface area (Å²) in [6, 6.07) is 21.2. The molecule has 0 saturated heterocycles. The highest BCUT2D eigenvalue weighted by Gasteiger charge is 2.24. The lowest BCUT2D eigenvalue weighted by atomic mass is 9.79. The lowest BCUT2D eigenvalue weighted by Crippen LogP contribution is -1.96. The minimum atomic E-state index is -0.763. The van der Waals surface area contributed by atoms with E-state index in [1.807, 2.05) is 54.6 Å². The van der Waals surface area contributed by atoms with Crippen LogP contribution in [0.1, 0.15) is 24.7 Å². The number of fused-ring (bicyclic) bond motifs is 5. The predicted octanol–water partition coefficient (Wildman–Crippen LogP) is 15.9. The molecule has 11 aromatic rings. The van der Waals surface area contributed by atoms with Gasteiger partial charge in [0.2, 0.25) is 0 Å². The van der Waals surface area contributed by atoms with E-state index in [1.54, 1.807) is 54.6 Å². The molecule has 10 aromatic carbocycles. The van der Waals surface area contributed by atoms with E-state index < -0.39 is 102 Å². The first-order valence-corrected chi connectivity index (χ1v) is 18.1. The van der Waals surface area contributed by atoms with Gasteiger partial charge in [0.05, 0.1) is 24.7 Å². The largest absolute Gasteiger partial charge is 0.456 e. The van der Waals surface area contributed by atoms with Gasteiger partial charge in [-0.1, -0.05) is 188 Å².